The lowest BCUT2D eigenvalue weighted by Crippen LogP contribution is -2.40. The Morgan fingerprint density at radius 1 is 1.30 bits per heavy atom. The molecule has 2 rings (SSSR count). The fraction of sp³-hybridized carbons (Fsp3) is 0.444. The van der Waals surface area contributed by atoms with Gasteiger partial charge < -0.3 is 15.2 Å². The number of aliphatic imine (C=N–C) groups is 1. The number of hydrogen-bond acceptors (Lipinski definition) is 2. The third-order valence-electron chi connectivity index (χ3n) is 3.46. The van der Waals surface area contributed by atoms with Gasteiger partial charge in [0.05, 0.1) is 6.54 Å². The van der Waals surface area contributed by atoms with E-state index in [1.165, 1.54) is 11.1 Å². The molecule has 0 radical (unpaired) electrons. The van der Waals surface area contributed by atoms with E-state index >= 15 is 0 Å². The van der Waals surface area contributed by atoms with Gasteiger partial charge in [0.25, 0.3) is 0 Å². The first-order valence-corrected chi connectivity index (χ1v) is 8.19. The summed E-state index contributed by atoms with van der Waals surface area (Å²) in [5.74, 6) is 1.89. The molecular formula is C18H27N5. The summed E-state index contributed by atoms with van der Waals surface area (Å²) in [5, 5.41) is 6.61. The zero-order valence-electron chi connectivity index (χ0n) is 14.5. The molecule has 5 nitrogen and oxygen atoms in total. The summed E-state index contributed by atoms with van der Waals surface area (Å²) >= 11 is 0. The Balaban J connectivity index is 2.05. The number of aromatic nitrogens is 2. The van der Waals surface area contributed by atoms with Crippen LogP contribution in [0.25, 0.3) is 0 Å². The van der Waals surface area contributed by atoms with Gasteiger partial charge in [0, 0.05) is 31.5 Å². The number of benzene rings is 1. The van der Waals surface area contributed by atoms with Crippen LogP contribution in [0.5, 0.6) is 0 Å². The first kappa shape index (κ1) is 17.1. The van der Waals surface area contributed by atoms with Crippen molar-refractivity contribution in [1.82, 2.24) is 20.2 Å². The van der Waals surface area contributed by atoms with E-state index in [4.69, 9.17) is 0 Å². The van der Waals surface area contributed by atoms with Crippen molar-refractivity contribution < 1.29 is 0 Å². The molecule has 0 saturated heterocycles. The molecule has 0 fully saturated rings. The lowest BCUT2D eigenvalue weighted by Gasteiger charge is -2.14. The molecule has 0 aliphatic rings. The van der Waals surface area contributed by atoms with Gasteiger partial charge in [-0.25, -0.2) is 9.98 Å². The fourth-order valence-electron chi connectivity index (χ4n) is 2.36. The average molecular weight is 313 g/mol. The minimum atomic E-state index is 0.364. The Morgan fingerprint density at radius 2 is 2.09 bits per heavy atom. The van der Waals surface area contributed by atoms with E-state index in [2.05, 4.69) is 70.2 Å². The predicted molar refractivity (Wildman–Crippen MR) is 95.6 cm³/mol. The molecule has 1 aromatic heterocycles. The summed E-state index contributed by atoms with van der Waals surface area (Å²) in [5.41, 5.74) is 2.47. The molecule has 1 heterocycles. The second-order valence-electron chi connectivity index (χ2n) is 5.92. The highest BCUT2D eigenvalue weighted by Gasteiger charge is 2.02. The van der Waals surface area contributed by atoms with Crippen molar-refractivity contribution in [3.05, 3.63) is 53.6 Å². The number of imidazole rings is 1. The van der Waals surface area contributed by atoms with Crippen LogP contribution in [-0.4, -0.2) is 28.1 Å². The Kier molecular flexibility index (Phi) is 6.20. The van der Waals surface area contributed by atoms with Crippen molar-refractivity contribution >= 4 is 5.96 Å². The van der Waals surface area contributed by atoms with E-state index < -0.39 is 0 Å². The standard InChI is InChI=1S/C18H27N5/c1-5-19-18(22-14(2)3)21-12-16-7-6-8-17(11-16)13-23-10-9-20-15(23)4/h6-11,14H,5,12-13H2,1-4H3,(H2,19,21,22). The van der Waals surface area contributed by atoms with E-state index in [9.17, 15) is 0 Å². The molecule has 1 aromatic carbocycles. The molecular weight excluding hydrogens is 286 g/mol. The fourth-order valence-corrected chi connectivity index (χ4v) is 2.36. The van der Waals surface area contributed by atoms with Crippen molar-refractivity contribution in [2.75, 3.05) is 6.54 Å². The molecule has 124 valence electrons. The van der Waals surface area contributed by atoms with Crippen LogP contribution in [0.3, 0.4) is 0 Å². The van der Waals surface area contributed by atoms with E-state index in [1.54, 1.807) is 0 Å². The molecule has 0 aliphatic carbocycles. The SMILES string of the molecule is CCNC(=NCc1cccc(Cn2ccnc2C)c1)NC(C)C. The Bertz CT molecular complexity index is 642. The third kappa shape index (κ3) is 5.43. The Morgan fingerprint density at radius 3 is 2.74 bits per heavy atom. The minimum absolute atomic E-state index is 0.364. The summed E-state index contributed by atoms with van der Waals surface area (Å²) in [6, 6.07) is 8.93. The number of nitrogens with one attached hydrogen (secondary N) is 2. The number of aryl methyl sites for hydroxylation is 1. The Hall–Kier alpha value is -2.30. The molecule has 0 spiro atoms. The van der Waals surface area contributed by atoms with Gasteiger partial charge in [0.2, 0.25) is 0 Å². The highest BCUT2D eigenvalue weighted by atomic mass is 15.2. The van der Waals surface area contributed by atoms with Crippen LogP contribution in [0.4, 0.5) is 0 Å². The van der Waals surface area contributed by atoms with Gasteiger partial charge >= 0.3 is 0 Å². The summed E-state index contributed by atoms with van der Waals surface area (Å²) in [6.45, 7) is 10.7. The van der Waals surface area contributed by atoms with Crippen LogP contribution in [0.1, 0.15) is 37.7 Å². The van der Waals surface area contributed by atoms with Crippen LogP contribution in [0, 0.1) is 6.92 Å². The topological polar surface area (TPSA) is 54.2 Å². The maximum Gasteiger partial charge on any atom is 0.191 e. The molecule has 0 atom stereocenters. The van der Waals surface area contributed by atoms with Crippen molar-refractivity contribution in [2.45, 2.75) is 46.8 Å². The maximum atomic E-state index is 4.65. The molecule has 5 heteroatoms. The number of hydrogen-bond donors (Lipinski definition) is 2. The van der Waals surface area contributed by atoms with Crippen molar-refractivity contribution in [2.24, 2.45) is 4.99 Å². The van der Waals surface area contributed by atoms with Crippen molar-refractivity contribution in [1.29, 1.82) is 0 Å². The Labute approximate surface area is 138 Å². The molecule has 0 amide bonds. The first-order valence-electron chi connectivity index (χ1n) is 8.19. The quantitative estimate of drug-likeness (QED) is 0.637. The average Bonchev–Trinajstić information content (AvgIpc) is 2.90. The van der Waals surface area contributed by atoms with Gasteiger partial charge in [-0.3, -0.25) is 0 Å². The summed E-state index contributed by atoms with van der Waals surface area (Å²) in [7, 11) is 0. The highest BCUT2D eigenvalue weighted by Crippen LogP contribution is 2.09. The summed E-state index contributed by atoms with van der Waals surface area (Å²) < 4.78 is 2.15. The maximum absolute atomic E-state index is 4.65. The first-order chi connectivity index (χ1) is 11.1. The number of nitrogens with zero attached hydrogens (tertiary/aromatic N) is 3. The number of guanidine groups is 1. The molecule has 2 N–H and O–H groups in total. The zero-order valence-corrected chi connectivity index (χ0v) is 14.5. The predicted octanol–water partition coefficient (Wildman–Crippen LogP) is 2.70. The van der Waals surface area contributed by atoms with Crippen LogP contribution in [-0.2, 0) is 13.1 Å². The highest BCUT2D eigenvalue weighted by molar-refractivity contribution is 5.79. The van der Waals surface area contributed by atoms with Gasteiger partial charge in [-0.1, -0.05) is 24.3 Å². The van der Waals surface area contributed by atoms with Crippen molar-refractivity contribution in [3.8, 4) is 0 Å². The van der Waals surface area contributed by atoms with Crippen LogP contribution < -0.4 is 10.6 Å². The van der Waals surface area contributed by atoms with E-state index in [0.29, 0.717) is 12.6 Å². The molecule has 0 saturated carbocycles. The third-order valence-corrected chi connectivity index (χ3v) is 3.46. The second-order valence-corrected chi connectivity index (χ2v) is 5.92. The minimum Gasteiger partial charge on any atom is -0.357 e. The van der Waals surface area contributed by atoms with Crippen molar-refractivity contribution in [3.63, 3.8) is 0 Å². The van der Waals surface area contributed by atoms with Crippen LogP contribution in [0.2, 0.25) is 0 Å². The lowest BCUT2D eigenvalue weighted by atomic mass is 10.1. The van der Waals surface area contributed by atoms with E-state index in [1.807, 2.05) is 19.3 Å². The van der Waals surface area contributed by atoms with Crippen LogP contribution in [0.15, 0.2) is 41.7 Å². The largest absolute Gasteiger partial charge is 0.357 e. The molecule has 0 unspecified atom stereocenters. The van der Waals surface area contributed by atoms with Gasteiger partial charge in [0.1, 0.15) is 5.82 Å². The second kappa shape index (κ2) is 8.36. The molecule has 0 aliphatic heterocycles. The van der Waals surface area contributed by atoms with Crippen LogP contribution >= 0.6 is 0 Å². The zero-order chi connectivity index (χ0) is 16.7. The molecule has 2 aromatic rings. The van der Waals surface area contributed by atoms with Gasteiger partial charge in [-0.05, 0) is 38.8 Å². The smallest absolute Gasteiger partial charge is 0.191 e. The molecule has 23 heavy (non-hydrogen) atoms. The monoisotopic (exact) mass is 313 g/mol. The molecule has 0 bridgehead atoms. The normalized spacial score (nSPS) is 11.8. The number of rotatable bonds is 6. The van der Waals surface area contributed by atoms with Gasteiger partial charge in [-0.15, -0.1) is 0 Å². The lowest BCUT2D eigenvalue weighted by molar-refractivity contribution is 0.700. The van der Waals surface area contributed by atoms with Gasteiger partial charge in [-0.2, -0.15) is 0 Å². The summed E-state index contributed by atoms with van der Waals surface area (Å²) in [6.07, 6.45) is 3.85. The van der Waals surface area contributed by atoms with E-state index in [-0.39, 0.29) is 0 Å². The van der Waals surface area contributed by atoms with E-state index in [0.717, 1.165) is 24.9 Å². The summed E-state index contributed by atoms with van der Waals surface area (Å²) in [4.78, 5) is 8.92. The van der Waals surface area contributed by atoms with Gasteiger partial charge in [0.15, 0.2) is 5.96 Å².